The third-order valence-electron chi connectivity index (χ3n) is 5.54. The number of imidazole rings is 2. The van der Waals surface area contributed by atoms with E-state index in [4.69, 9.17) is 0 Å². The van der Waals surface area contributed by atoms with Crippen LogP contribution in [0.2, 0.25) is 0 Å². The summed E-state index contributed by atoms with van der Waals surface area (Å²) in [6, 6.07) is 8.64. The molecule has 150 valence electrons. The van der Waals surface area contributed by atoms with Gasteiger partial charge in [0.05, 0.1) is 24.5 Å². The van der Waals surface area contributed by atoms with Crippen LogP contribution < -0.4 is 10.6 Å². The molecular weight excluding hydrogens is 372 g/mol. The molecule has 2 fully saturated rings. The Morgan fingerprint density at radius 3 is 1.53 bits per heavy atom. The van der Waals surface area contributed by atoms with Gasteiger partial charge in [-0.1, -0.05) is 11.8 Å². The molecule has 2 unspecified atom stereocenters. The van der Waals surface area contributed by atoms with E-state index in [1.54, 1.807) is 0 Å². The van der Waals surface area contributed by atoms with Crippen molar-refractivity contribution >= 4 is 0 Å². The Morgan fingerprint density at radius 2 is 1.13 bits per heavy atom. The van der Waals surface area contributed by atoms with Crippen LogP contribution >= 0.6 is 0 Å². The fourth-order valence-corrected chi connectivity index (χ4v) is 3.91. The van der Waals surface area contributed by atoms with Crippen LogP contribution in [-0.4, -0.2) is 33.0 Å². The van der Waals surface area contributed by atoms with Gasteiger partial charge in [0.25, 0.3) is 0 Å². The van der Waals surface area contributed by atoms with E-state index >= 15 is 0 Å². The number of nitrogens with zero attached hydrogens (tertiary/aromatic N) is 2. The van der Waals surface area contributed by atoms with Crippen molar-refractivity contribution in [2.45, 2.75) is 37.8 Å². The molecule has 5 rings (SSSR count). The van der Waals surface area contributed by atoms with Crippen molar-refractivity contribution in [2.24, 2.45) is 0 Å². The first kappa shape index (κ1) is 18.7. The van der Waals surface area contributed by atoms with E-state index in [-0.39, 0.29) is 0 Å². The monoisotopic (exact) mass is 396 g/mol. The average Bonchev–Trinajstić information content (AvgIpc) is 3.57. The first-order valence-electron chi connectivity index (χ1n) is 10.5. The zero-order chi connectivity index (χ0) is 20.2. The van der Waals surface area contributed by atoms with Crippen molar-refractivity contribution in [1.29, 1.82) is 0 Å². The van der Waals surface area contributed by atoms with Crippen LogP contribution in [0.25, 0.3) is 0 Å². The maximum Gasteiger partial charge on any atom is 0.124 e. The number of rotatable bonds is 2. The molecule has 4 heterocycles. The molecule has 3 aromatic rings. The Balaban J connectivity index is 1.22. The topological polar surface area (TPSA) is 81.4 Å². The SMILES string of the molecule is C(#Cc1cnc(C2CCCN2)[nH]1)c1ccc(C#Cc2cnc(C3CCCN3)[nH]2)cc1. The number of aromatic amines is 2. The molecule has 0 aliphatic carbocycles. The quantitative estimate of drug-likeness (QED) is 0.502. The van der Waals surface area contributed by atoms with Gasteiger partial charge in [-0.15, -0.1) is 0 Å². The summed E-state index contributed by atoms with van der Waals surface area (Å²) in [5.41, 5.74) is 3.59. The molecule has 0 radical (unpaired) electrons. The van der Waals surface area contributed by atoms with Gasteiger partial charge in [-0.2, -0.15) is 0 Å². The summed E-state index contributed by atoms with van der Waals surface area (Å²) < 4.78 is 0. The zero-order valence-electron chi connectivity index (χ0n) is 16.8. The highest BCUT2D eigenvalue weighted by Crippen LogP contribution is 2.20. The number of H-pyrrole nitrogens is 2. The van der Waals surface area contributed by atoms with E-state index < -0.39 is 0 Å². The Morgan fingerprint density at radius 1 is 0.667 bits per heavy atom. The van der Waals surface area contributed by atoms with Crippen molar-refractivity contribution in [3.8, 4) is 23.7 Å². The van der Waals surface area contributed by atoms with E-state index in [1.165, 1.54) is 12.8 Å². The lowest BCUT2D eigenvalue weighted by molar-refractivity contribution is 0.612. The summed E-state index contributed by atoms with van der Waals surface area (Å²) in [4.78, 5) is 15.5. The minimum absolute atomic E-state index is 0.332. The molecule has 6 heteroatoms. The molecule has 0 saturated carbocycles. The molecule has 30 heavy (non-hydrogen) atoms. The Bertz CT molecular complexity index is 1030. The summed E-state index contributed by atoms with van der Waals surface area (Å²) in [6.07, 6.45) is 8.26. The molecule has 0 bridgehead atoms. The summed E-state index contributed by atoms with van der Waals surface area (Å²) in [6.45, 7) is 2.11. The van der Waals surface area contributed by atoms with E-state index in [2.05, 4.69) is 54.3 Å². The number of aromatic nitrogens is 4. The van der Waals surface area contributed by atoms with Crippen LogP contribution in [0.3, 0.4) is 0 Å². The van der Waals surface area contributed by atoms with Gasteiger partial charge in [-0.3, -0.25) is 0 Å². The Labute approximate surface area is 176 Å². The number of benzene rings is 1. The van der Waals surface area contributed by atoms with Crippen LogP contribution in [0.15, 0.2) is 36.7 Å². The second-order valence-electron chi connectivity index (χ2n) is 7.74. The predicted octanol–water partition coefficient (Wildman–Crippen LogP) is 2.78. The van der Waals surface area contributed by atoms with Gasteiger partial charge < -0.3 is 20.6 Å². The summed E-state index contributed by atoms with van der Waals surface area (Å²) in [5, 5.41) is 6.88. The molecule has 2 aliphatic heterocycles. The van der Waals surface area contributed by atoms with E-state index in [0.29, 0.717) is 12.1 Å². The highest BCUT2D eigenvalue weighted by molar-refractivity contribution is 5.45. The van der Waals surface area contributed by atoms with Gasteiger partial charge in [-0.05, 0) is 74.9 Å². The molecular formula is C24H24N6. The van der Waals surface area contributed by atoms with Gasteiger partial charge >= 0.3 is 0 Å². The van der Waals surface area contributed by atoms with Gasteiger partial charge in [-0.25, -0.2) is 9.97 Å². The van der Waals surface area contributed by atoms with Gasteiger partial charge in [0.1, 0.15) is 23.0 Å². The van der Waals surface area contributed by atoms with Crippen molar-refractivity contribution in [3.63, 3.8) is 0 Å². The molecule has 0 spiro atoms. The highest BCUT2D eigenvalue weighted by Gasteiger charge is 2.19. The molecule has 1 aromatic carbocycles. The van der Waals surface area contributed by atoms with Crippen molar-refractivity contribution < 1.29 is 0 Å². The maximum absolute atomic E-state index is 4.45. The summed E-state index contributed by atoms with van der Waals surface area (Å²) >= 11 is 0. The fraction of sp³-hybridized carbons (Fsp3) is 0.333. The lowest BCUT2D eigenvalue weighted by Crippen LogP contribution is -2.14. The Kier molecular flexibility index (Phi) is 5.35. The summed E-state index contributed by atoms with van der Waals surface area (Å²) in [7, 11) is 0. The molecule has 2 aromatic heterocycles. The van der Waals surface area contributed by atoms with Gasteiger partial charge in [0, 0.05) is 11.1 Å². The molecule has 2 saturated heterocycles. The van der Waals surface area contributed by atoms with Crippen LogP contribution in [0.4, 0.5) is 0 Å². The van der Waals surface area contributed by atoms with Crippen LogP contribution in [0.1, 0.15) is 71.9 Å². The minimum Gasteiger partial charge on any atom is -0.334 e. The standard InChI is InChI=1S/C24H24N6/c1-3-21(25-13-1)23-27-15-19(29-23)11-9-17-5-7-18(8-6-17)10-12-20-16-28-24(30-20)22-4-2-14-26-22/h5-8,15-16,21-22,25-26H,1-4,13-14H2,(H,27,29)(H,28,30). The molecule has 0 amide bonds. The molecule has 2 aliphatic rings. The van der Waals surface area contributed by atoms with E-state index in [0.717, 1.165) is 60.1 Å². The smallest absolute Gasteiger partial charge is 0.124 e. The second-order valence-corrected chi connectivity index (χ2v) is 7.74. The predicted molar refractivity (Wildman–Crippen MR) is 116 cm³/mol. The molecule has 4 N–H and O–H groups in total. The maximum atomic E-state index is 4.45. The zero-order valence-corrected chi connectivity index (χ0v) is 16.8. The fourth-order valence-electron chi connectivity index (χ4n) is 3.91. The third-order valence-corrected chi connectivity index (χ3v) is 5.54. The first-order chi connectivity index (χ1) is 14.8. The Hall–Kier alpha value is -3.32. The van der Waals surface area contributed by atoms with Crippen LogP contribution in [0.5, 0.6) is 0 Å². The second kappa shape index (κ2) is 8.59. The normalized spacial score (nSPS) is 20.4. The number of hydrogen-bond donors (Lipinski definition) is 4. The lowest BCUT2D eigenvalue weighted by atomic mass is 10.1. The van der Waals surface area contributed by atoms with Crippen molar-refractivity contribution in [1.82, 2.24) is 30.6 Å². The number of hydrogen-bond acceptors (Lipinski definition) is 4. The van der Waals surface area contributed by atoms with Crippen LogP contribution in [0, 0.1) is 23.7 Å². The first-order valence-corrected chi connectivity index (χ1v) is 10.5. The third kappa shape index (κ3) is 4.31. The average molecular weight is 396 g/mol. The molecule has 2 atom stereocenters. The van der Waals surface area contributed by atoms with Crippen molar-refractivity contribution in [3.05, 3.63) is 70.8 Å². The van der Waals surface area contributed by atoms with E-state index in [1.807, 2.05) is 36.7 Å². The largest absolute Gasteiger partial charge is 0.334 e. The van der Waals surface area contributed by atoms with E-state index in [9.17, 15) is 0 Å². The van der Waals surface area contributed by atoms with Crippen LogP contribution in [-0.2, 0) is 0 Å². The minimum atomic E-state index is 0.332. The summed E-state index contributed by atoms with van der Waals surface area (Å²) in [5.74, 6) is 14.7. The highest BCUT2D eigenvalue weighted by atomic mass is 15.0. The van der Waals surface area contributed by atoms with Crippen molar-refractivity contribution in [2.75, 3.05) is 13.1 Å². The van der Waals surface area contributed by atoms with Gasteiger partial charge in [0.15, 0.2) is 0 Å². The molecule has 6 nitrogen and oxygen atoms in total. The van der Waals surface area contributed by atoms with Gasteiger partial charge in [0.2, 0.25) is 0 Å². The number of nitrogens with one attached hydrogen (secondary N) is 4. The lowest BCUT2D eigenvalue weighted by Gasteiger charge is -2.04.